The summed E-state index contributed by atoms with van der Waals surface area (Å²) in [4.78, 5) is 0. The summed E-state index contributed by atoms with van der Waals surface area (Å²) >= 11 is 0. The Balaban J connectivity index is 2.86. The molecule has 48 valence electrons. The zero-order chi connectivity index (χ0) is 6.97. The van der Waals surface area contributed by atoms with Crippen LogP contribution in [0, 0.1) is 0 Å². The standard InChI is InChI=1S/C7H6BNO/c9-6-2-1-5-4-10-8-7(5)3-6/h1-4H,9H2. The molecule has 0 aliphatic heterocycles. The van der Waals surface area contributed by atoms with Crippen molar-refractivity contribution >= 4 is 23.5 Å². The maximum atomic E-state index is 5.54. The monoisotopic (exact) mass is 131 g/mol. The topological polar surface area (TPSA) is 39.2 Å². The molecule has 10 heavy (non-hydrogen) atoms. The van der Waals surface area contributed by atoms with E-state index in [-0.39, 0.29) is 0 Å². The van der Waals surface area contributed by atoms with Crippen LogP contribution in [0.15, 0.2) is 28.8 Å². The summed E-state index contributed by atoms with van der Waals surface area (Å²) < 4.78 is 4.96. The van der Waals surface area contributed by atoms with Gasteiger partial charge < -0.3 is 0 Å². The van der Waals surface area contributed by atoms with Crippen molar-refractivity contribution in [3.63, 3.8) is 0 Å². The molecular weight excluding hydrogens is 125 g/mol. The number of anilines is 1. The number of nitrogen functional groups attached to an aromatic ring is 1. The molecule has 0 aliphatic carbocycles. The van der Waals surface area contributed by atoms with Crippen molar-refractivity contribution < 1.29 is 4.33 Å². The van der Waals surface area contributed by atoms with Gasteiger partial charge in [0.05, 0.1) is 0 Å². The first-order chi connectivity index (χ1) is 4.86. The minimum atomic E-state index is 0.772. The summed E-state index contributed by atoms with van der Waals surface area (Å²) in [5, 5.41) is 2.15. The molecule has 2 N–H and O–H groups in total. The van der Waals surface area contributed by atoms with Crippen molar-refractivity contribution in [2.75, 3.05) is 5.73 Å². The number of hydrogen-bond acceptors (Lipinski definition) is 2. The second kappa shape index (κ2) is 1.87. The van der Waals surface area contributed by atoms with Crippen molar-refractivity contribution in [1.29, 1.82) is 0 Å². The number of benzene rings is 1. The van der Waals surface area contributed by atoms with Gasteiger partial charge in [-0.25, -0.2) is 0 Å². The third-order valence-electron chi connectivity index (χ3n) is 1.50. The van der Waals surface area contributed by atoms with Crippen LogP contribution in [0.25, 0.3) is 10.7 Å². The van der Waals surface area contributed by atoms with E-state index in [4.69, 9.17) is 10.1 Å². The van der Waals surface area contributed by atoms with Crippen molar-refractivity contribution in [2.24, 2.45) is 0 Å². The van der Waals surface area contributed by atoms with Gasteiger partial charge in [-0.3, -0.25) is 0 Å². The molecule has 1 aromatic carbocycles. The quantitative estimate of drug-likeness (QED) is 0.548. The second-order valence-electron chi connectivity index (χ2n) is 2.26. The summed E-state index contributed by atoms with van der Waals surface area (Å²) in [6.45, 7) is 0. The second-order valence-corrected chi connectivity index (χ2v) is 2.26. The molecule has 2 aromatic rings. The van der Waals surface area contributed by atoms with Crippen LogP contribution in [0.1, 0.15) is 0 Å². The Kier molecular flexibility index (Phi) is 1.03. The summed E-state index contributed by atoms with van der Waals surface area (Å²) in [6, 6.07) is 5.69. The molecule has 0 saturated heterocycles. The fourth-order valence-corrected chi connectivity index (χ4v) is 0.983. The summed E-state index contributed by atoms with van der Waals surface area (Å²) in [7, 11) is 1.69. The van der Waals surface area contributed by atoms with E-state index >= 15 is 0 Å². The van der Waals surface area contributed by atoms with E-state index < -0.39 is 0 Å². The Morgan fingerprint density at radius 1 is 1.40 bits per heavy atom. The molecule has 0 atom stereocenters. The summed E-state index contributed by atoms with van der Waals surface area (Å²) in [6.07, 6.45) is 1.70. The molecule has 0 unspecified atom stereocenters. The van der Waals surface area contributed by atoms with E-state index in [0.717, 1.165) is 16.4 Å². The van der Waals surface area contributed by atoms with E-state index in [2.05, 4.69) is 0 Å². The van der Waals surface area contributed by atoms with Crippen LogP contribution >= 0.6 is 0 Å². The van der Waals surface area contributed by atoms with Crippen molar-refractivity contribution in [3.8, 4) is 0 Å². The van der Waals surface area contributed by atoms with Gasteiger partial charge in [-0.1, -0.05) is 0 Å². The average molecular weight is 131 g/mol. The van der Waals surface area contributed by atoms with Gasteiger partial charge >= 0.3 is 58.0 Å². The number of rotatable bonds is 0. The normalized spacial score (nSPS) is 10.0. The molecule has 0 radical (unpaired) electrons. The van der Waals surface area contributed by atoms with Crippen LogP contribution in [-0.4, -0.2) is 7.13 Å². The fourth-order valence-electron chi connectivity index (χ4n) is 0.983. The third kappa shape index (κ3) is 0.710. The van der Waals surface area contributed by atoms with Gasteiger partial charge in [0.25, 0.3) is 0 Å². The number of nitrogens with two attached hydrogens (primary N) is 1. The van der Waals surface area contributed by atoms with Crippen molar-refractivity contribution in [2.45, 2.75) is 0 Å². The van der Waals surface area contributed by atoms with Crippen LogP contribution in [0.2, 0.25) is 0 Å². The molecule has 0 bridgehead atoms. The van der Waals surface area contributed by atoms with Crippen LogP contribution in [0.3, 0.4) is 0 Å². The Morgan fingerprint density at radius 3 is 3.20 bits per heavy atom. The van der Waals surface area contributed by atoms with Gasteiger partial charge in [-0.05, 0) is 0 Å². The van der Waals surface area contributed by atoms with Gasteiger partial charge in [0.15, 0.2) is 0 Å². The van der Waals surface area contributed by atoms with E-state index in [1.807, 2.05) is 18.2 Å². The maximum absolute atomic E-state index is 5.54. The Hall–Kier alpha value is -1.25. The summed E-state index contributed by atoms with van der Waals surface area (Å²) in [5.41, 5.74) is 6.31. The van der Waals surface area contributed by atoms with E-state index in [0.29, 0.717) is 0 Å². The molecular formula is C7H6BNO. The first kappa shape index (κ1) is 5.53. The van der Waals surface area contributed by atoms with Gasteiger partial charge in [0, 0.05) is 0 Å². The van der Waals surface area contributed by atoms with Crippen LogP contribution < -0.4 is 5.73 Å². The van der Waals surface area contributed by atoms with E-state index in [1.54, 1.807) is 13.4 Å². The van der Waals surface area contributed by atoms with Gasteiger partial charge in [-0.15, -0.1) is 0 Å². The zero-order valence-corrected chi connectivity index (χ0v) is 5.37. The molecule has 0 amide bonds. The Bertz CT molecular complexity index is 355. The molecule has 2 rings (SSSR count). The minimum absolute atomic E-state index is 0.772. The first-order valence-electron chi connectivity index (χ1n) is 3.08. The molecule has 2 nitrogen and oxygen atoms in total. The average Bonchev–Trinajstić information content (AvgIpc) is 2.33. The van der Waals surface area contributed by atoms with Gasteiger partial charge in [0.2, 0.25) is 0 Å². The van der Waals surface area contributed by atoms with Gasteiger partial charge in [0.1, 0.15) is 0 Å². The third-order valence-corrected chi connectivity index (χ3v) is 1.50. The van der Waals surface area contributed by atoms with E-state index in [9.17, 15) is 0 Å². The zero-order valence-electron chi connectivity index (χ0n) is 5.37. The predicted molar refractivity (Wildman–Crippen MR) is 42.0 cm³/mol. The molecule has 1 aromatic heterocycles. The van der Waals surface area contributed by atoms with Crippen LogP contribution in [-0.2, 0) is 0 Å². The Morgan fingerprint density at radius 2 is 2.30 bits per heavy atom. The molecule has 0 saturated carbocycles. The molecule has 0 fully saturated rings. The SMILES string of the molecule is Nc1ccc2cobc2c1. The Labute approximate surface area is 58.9 Å². The molecule has 0 spiro atoms. The fraction of sp³-hybridized carbons (Fsp3) is 0. The number of hydrogen-bond donors (Lipinski definition) is 1. The van der Waals surface area contributed by atoms with E-state index in [1.165, 1.54) is 0 Å². The molecule has 3 heteroatoms. The number of fused-ring (bicyclic) bond motifs is 1. The first-order valence-corrected chi connectivity index (χ1v) is 3.08. The molecule has 0 aliphatic rings. The summed E-state index contributed by atoms with van der Waals surface area (Å²) in [5.74, 6) is 0. The van der Waals surface area contributed by atoms with Crippen molar-refractivity contribution in [3.05, 3.63) is 24.5 Å². The molecule has 1 heterocycles. The van der Waals surface area contributed by atoms with Crippen LogP contribution in [0.5, 0.6) is 0 Å². The van der Waals surface area contributed by atoms with Crippen molar-refractivity contribution in [1.82, 2.24) is 0 Å². The van der Waals surface area contributed by atoms with Crippen LogP contribution in [0.4, 0.5) is 5.69 Å². The predicted octanol–water partition coefficient (Wildman–Crippen LogP) is 1.35. The van der Waals surface area contributed by atoms with Gasteiger partial charge in [-0.2, -0.15) is 0 Å².